The molecule has 130 valence electrons. The Morgan fingerprint density at radius 2 is 1.83 bits per heavy atom. The lowest BCUT2D eigenvalue weighted by Crippen LogP contribution is -2.24. The lowest BCUT2D eigenvalue weighted by molar-refractivity contribution is -0.142. The number of carbonyl (C=O) groups excluding carboxylic acids is 2. The molecule has 1 unspecified atom stereocenters. The molecule has 1 atom stereocenters. The highest BCUT2D eigenvalue weighted by Gasteiger charge is 2.41. The van der Waals surface area contributed by atoms with Crippen molar-refractivity contribution in [2.75, 3.05) is 14.2 Å². The molecule has 0 aliphatic heterocycles. The van der Waals surface area contributed by atoms with Gasteiger partial charge in [0, 0.05) is 11.8 Å². The number of hydrogen-bond acceptors (Lipinski definition) is 4. The van der Waals surface area contributed by atoms with Crippen LogP contribution in [0.5, 0.6) is 0 Å². The van der Waals surface area contributed by atoms with Crippen LogP contribution in [0.3, 0.4) is 0 Å². The second-order valence-electron chi connectivity index (χ2n) is 5.38. The van der Waals surface area contributed by atoms with Gasteiger partial charge in [0.25, 0.3) is 0 Å². The van der Waals surface area contributed by atoms with Crippen LogP contribution in [0.25, 0.3) is 0 Å². The summed E-state index contributed by atoms with van der Waals surface area (Å²) in [6.45, 7) is 11.8. The minimum atomic E-state index is -0.299. The smallest absolute Gasteiger partial charge is 0.306 e. The van der Waals surface area contributed by atoms with Crippen molar-refractivity contribution >= 4 is 11.9 Å². The predicted octanol–water partition coefficient (Wildman–Crippen LogP) is 4.37. The Kier molecular flexibility index (Phi) is 9.95. The Labute approximate surface area is 140 Å². The van der Waals surface area contributed by atoms with E-state index in [0.29, 0.717) is 19.3 Å². The van der Waals surface area contributed by atoms with E-state index in [0.717, 1.165) is 30.4 Å². The van der Waals surface area contributed by atoms with Crippen molar-refractivity contribution in [3.05, 3.63) is 36.5 Å². The van der Waals surface area contributed by atoms with E-state index in [1.165, 1.54) is 14.2 Å². The third-order valence-corrected chi connectivity index (χ3v) is 4.12. The molecule has 1 rings (SSSR count). The summed E-state index contributed by atoms with van der Waals surface area (Å²) in [6, 6.07) is 0. The number of ether oxygens (including phenoxy) is 2. The molecule has 0 bridgehead atoms. The summed E-state index contributed by atoms with van der Waals surface area (Å²) in [6.07, 6.45) is 7.42. The van der Waals surface area contributed by atoms with Crippen molar-refractivity contribution in [2.45, 2.75) is 52.4 Å². The molecule has 1 saturated carbocycles. The van der Waals surface area contributed by atoms with Gasteiger partial charge in [-0.1, -0.05) is 44.7 Å². The van der Waals surface area contributed by atoms with Crippen LogP contribution in [0.2, 0.25) is 0 Å². The molecular weight excluding hydrogens is 292 g/mol. The molecule has 0 aromatic heterocycles. The van der Waals surface area contributed by atoms with Crippen molar-refractivity contribution in [3.63, 3.8) is 0 Å². The molecule has 0 spiro atoms. The monoisotopic (exact) mass is 322 g/mol. The molecule has 4 heteroatoms. The van der Waals surface area contributed by atoms with E-state index in [1.807, 2.05) is 19.9 Å². The van der Waals surface area contributed by atoms with Gasteiger partial charge in [0.1, 0.15) is 0 Å². The number of carbonyl (C=O) groups is 2. The fourth-order valence-electron chi connectivity index (χ4n) is 3.00. The maximum atomic E-state index is 11.8. The summed E-state index contributed by atoms with van der Waals surface area (Å²) in [7, 11) is 2.78. The molecule has 1 fully saturated rings. The third-order valence-electron chi connectivity index (χ3n) is 4.12. The van der Waals surface area contributed by atoms with Crippen LogP contribution in [0, 0.1) is 5.41 Å². The van der Waals surface area contributed by atoms with E-state index in [1.54, 1.807) is 6.08 Å². The van der Waals surface area contributed by atoms with Crippen molar-refractivity contribution in [1.29, 1.82) is 0 Å². The van der Waals surface area contributed by atoms with Gasteiger partial charge in [-0.25, -0.2) is 0 Å². The number of rotatable bonds is 7. The highest BCUT2D eigenvalue weighted by atomic mass is 16.5. The summed E-state index contributed by atoms with van der Waals surface area (Å²) in [5.41, 5.74) is 1.80. The van der Waals surface area contributed by atoms with Gasteiger partial charge in [-0.05, 0) is 31.3 Å². The van der Waals surface area contributed by atoms with E-state index in [-0.39, 0.29) is 17.4 Å². The lowest BCUT2D eigenvalue weighted by atomic mass is 9.74. The largest absolute Gasteiger partial charge is 0.469 e. The van der Waals surface area contributed by atoms with Gasteiger partial charge in [0.05, 0.1) is 20.6 Å². The molecule has 4 nitrogen and oxygen atoms in total. The third kappa shape index (κ3) is 6.05. The summed E-state index contributed by atoms with van der Waals surface area (Å²) in [4.78, 5) is 23.1. The topological polar surface area (TPSA) is 52.6 Å². The van der Waals surface area contributed by atoms with E-state index in [2.05, 4.69) is 17.9 Å². The zero-order valence-corrected chi connectivity index (χ0v) is 14.9. The van der Waals surface area contributed by atoms with Crippen LogP contribution in [-0.2, 0) is 19.1 Å². The molecule has 0 saturated heterocycles. The first-order valence-corrected chi connectivity index (χ1v) is 8.14. The van der Waals surface area contributed by atoms with Gasteiger partial charge < -0.3 is 9.47 Å². The van der Waals surface area contributed by atoms with Crippen LogP contribution in [-0.4, -0.2) is 26.2 Å². The standard InChI is InChI=1S/C17H24O4.C2H6/c1-5-7-14-13(2)9-11-17(14,12-16(19)21-4)10-6-8-15(18)20-3;1-2/h5,7H,1-2,6,8-12H2,3-4H3;1-2H3/b14-7+;. The fourth-order valence-corrected chi connectivity index (χ4v) is 3.00. The molecule has 0 heterocycles. The molecule has 0 amide bonds. The minimum Gasteiger partial charge on any atom is -0.469 e. The van der Waals surface area contributed by atoms with Crippen LogP contribution in [0.4, 0.5) is 0 Å². The molecule has 0 aromatic rings. The van der Waals surface area contributed by atoms with E-state index >= 15 is 0 Å². The highest BCUT2D eigenvalue weighted by molar-refractivity contribution is 5.72. The molecule has 1 aliphatic rings. The molecule has 0 N–H and O–H groups in total. The first-order chi connectivity index (χ1) is 11.0. The Morgan fingerprint density at radius 1 is 1.22 bits per heavy atom. The summed E-state index contributed by atoms with van der Waals surface area (Å²) >= 11 is 0. The number of esters is 2. The zero-order valence-electron chi connectivity index (χ0n) is 14.9. The lowest BCUT2D eigenvalue weighted by Gasteiger charge is -2.30. The van der Waals surface area contributed by atoms with Gasteiger partial charge in [0.15, 0.2) is 0 Å². The number of allylic oxidation sites excluding steroid dienone is 4. The summed E-state index contributed by atoms with van der Waals surface area (Å²) < 4.78 is 9.50. The summed E-state index contributed by atoms with van der Waals surface area (Å²) in [5, 5.41) is 0. The first-order valence-electron chi connectivity index (χ1n) is 8.14. The maximum Gasteiger partial charge on any atom is 0.306 e. The van der Waals surface area contributed by atoms with E-state index in [4.69, 9.17) is 4.74 Å². The number of hydrogen-bond donors (Lipinski definition) is 0. The predicted molar refractivity (Wildman–Crippen MR) is 92.9 cm³/mol. The normalized spacial score (nSPS) is 21.4. The van der Waals surface area contributed by atoms with E-state index in [9.17, 15) is 9.59 Å². The minimum absolute atomic E-state index is 0.228. The van der Waals surface area contributed by atoms with Gasteiger partial charge in [-0.3, -0.25) is 9.59 Å². The number of methoxy groups -OCH3 is 2. The molecule has 0 radical (unpaired) electrons. The SMILES string of the molecule is C=C/C=C1\C(=C)CCC1(CCCC(=O)OC)CC(=O)OC.CC. The van der Waals surface area contributed by atoms with Crippen molar-refractivity contribution in [1.82, 2.24) is 0 Å². The maximum absolute atomic E-state index is 11.8. The average Bonchev–Trinajstić information content (AvgIpc) is 2.86. The van der Waals surface area contributed by atoms with Crippen LogP contribution in [0.1, 0.15) is 52.4 Å². The Bertz CT molecular complexity index is 462. The van der Waals surface area contributed by atoms with Gasteiger partial charge in [0.2, 0.25) is 0 Å². The average molecular weight is 322 g/mol. The molecule has 1 aliphatic carbocycles. The zero-order chi connectivity index (χ0) is 17.9. The quantitative estimate of drug-likeness (QED) is 0.653. The molecule has 23 heavy (non-hydrogen) atoms. The first kappa shape index (κ1) is 21.2. The second kappa shape index (κ2) is 10.8. The van der Waals surface area contributed by atoms with Crippen molar-refractivity contribution < 1.29 is 19.1 Å². The molecular formula is C19H30O4. The van der Waals surface area contributed by atoms with Gasteiger partial charge in [-0.2, -0.15) is 0 Å². The Morgan fingerprint density at radius 3 is 2.35 bits per heavy atom. The van der Waals surface area contributed by atoms with Crippen LogP contribution >= 0.6 is 0 Å². The summed E-state index contributed by atoms with van der Waals surface area (Å²) in [5.74, 6) is -0.466. The Balaban J connectivity index is 0.00000232. The second-order valence-corrected chi connectivity index (χ2v) is 5.38. The van der Waals surface area contributed by atoms with Crippen LogP contribution in [0.15, 0.2) is 36.5 Å². The molecule has 0 aromatic carbocycles. The van der Waals surface area contributed by atoms with Gasteiger partial charge >= 0.3 is 11.9 Å². The van der Waals surface area contributed by atoms with Crippen LogP contribution < -0.4 is 0 Å². The fraction of sp³-hybridized carbons (Fsp3) is 0.579. The van der Waals surface area contributed by atoms with Crippen molar-refractivity contribution in [3.8, 4) is 0 Å². The highest BCUT2D eigenvalue weighted by Crippen LogP contribution is 2.51. The van der Waals surface area contributed by atoms with E-state index < -0.39 is 0 Å². The van der Waals surface area contributed by atoms with Crippen molar-refractivity contribution in [2.24, 2.45) is 5.41 Å². The van der Waals surface area contributed by atoms with Gasteiger partial charge in [-0.15, -0.1) is 0 Å². The Hall–Kier alpha value is -1.84.